The van der Waals surface area contributed by atoms with Crippen LogP contribution < -0.4 is 4.74 Å². The first-order valence-corrected chi connectivity index (χ1v) is 15.7. The Morgan fingerprint density at radius 1 is 1.11 bits per heavy atom. The van der Waals surface area contributed by atoms with Crippen LogP contribution in [0.5, 0.6) is 5.75 Å². The summed E-state index contributed by atoms with van der Waals surface area (Å²) < 4.78 is 61.8. The van der Waals surface area contributed by atoms with Gasteiger partial charge in [0.1, 0.15) is 41.2 Å². The summed E-state index contributed by atoms with van der Waals surface area (Å²) in [4.78, 5) is 23.9. The minimum Gasteiger partial charge on any atom is -0.490 e. The van der Waals surface area contributed by atoms with E-state index < -0.39 is 17.5 Å². The van der Waals surface area contributed by atoms with Gasteiger partial charge in [-0.1, -0.05) is 6.58 Å². The molecular weight excluding hydrogens is 629 g/mol. The zero-order valence-corrected chi connectivity index (χ0v) is 26.6. The van der Waals surface area contributed by atoms with Gasteiger partial charge in [-0.3, -0.25) is 14.5 Å². The number of halogens is 3. The quantitative estimate of drug-likeness (QED) is 0.131. The lowest BCUT2D eigenvalue weighted by molar-refractivity contribution is -0.129. The summed E-state index contributed by atoms with van der Waals surface area (Å²) in [5, 5.41) is 6.26. The second-order valence-electron chi connectivity index (χ2n) is 11.2. The van der Waals surface area contributed by atoms with Gasteiger partial charge in [0.25, 0.3) is 0 Å². The Kier molecular flexibility index (Phi) is 7.80. The summed E-state index contributed by atoms with van der Waals surface area (Å²) in [5.41, 5.74) is 3.78. The number of carbonyl (C=O) groups is 1. The highest BCUT2D eigenvalue weighted by molar-refractivity contribution is 7.17. The van der Waals surface area contributed by atoms with Gasteiger partial charge in [0.15, 0.2) is 0 Å². The number of methoxy groups -OCH3 is 1. The Morgan fingerprint density at radius 2 is 1.94 bits per heavy atom. The van der Waals surface area contributed by atoms with E-state index in [4.69, 9.17) is 19.6 Å². The highest BCUT2D eigenvalue weighted by Crippen LogP contribution is 2.48. The molecule has 0 N–H and O–H groups in total. The van der Waals surface area contributed by atoms with Crippen molar-refractivity contribution in [2.24, 2.45) is 7.05 Å². The lowest BCUT2D eigenvalue weighted by atomic mass is 9.95. The van der Waals surface area contributed by atoms with E-state index in [0.29, 0.717) is 40.4 Å². The number of fused-ring (bicyclic) bond motifs is 3. The predicted octanol–water partition coefficient (Wildman–Crippen LogP) is 6.91. The molecule has 1 aliphatic heterocycles. The molecule has 0 saturated carbocycles. The largest absolute Gasteiger partial charge is 0.490 e. The zero-order valence-electron chi connectivity index (χ0n) is 25.8. The SMILES string of the molecule is C=CC(=O)N1CCn2nc(-c3nc(-c4cnc5ccn(C)c5c4)c4scc(F)c4c3-c3c(F)cc(F)cc3OCCOC)cc2C1C. The molecule has 1 amide bonds. The third-order valence-corrected chi connectivity index (χ3v) is 9.41. The number of thiophene rings is 1. The monoisotopic (exact) mass is 658 g/mol. The topological polar surface area (TPSA) is 87.3 Å². The molecule has 0 spiro atoms. The molecule has 7 rings (SSSR count). The van der Waals surface area contributed by atoms with Crippen molar-refractivity contribution in [3.05, 3.63) is 83.9 Å². The highest BCUT2D eigenvalue weighted by atomic mass is 32.1. The Balaban J connectivity index is 1.54. The number of carbonyl (C=O) groups excluding carboxylic acids is 1. The number of hydrogen-bond acceptors (Lipinski definition) is 7. The van der Waals surface area contributed by atoms with Crippen LogP contribution in [-0.2, 0) is 23.1 Å². The molecule has 1 unspecified atom stereocenters. The van der Waals surface area contributed by atoms with Gasteiger partial charge >= 0.3 is 0 Å². The summed E-state index contributed by atoms with van der Waals surface area (Å²) >= 11 is 1.12. The molecule has 1 atom stereocenters. The number of aromatic nitrogens is 5. The van der Waals surface area contributed by atoms with Crippen LogP contribution in [-0.4, -0.2) is 62.0 Å². The molecule has 0 saturated heterocycles. The summed E-state index contributed by atoms with van der Waals surface area (Å²) in [7, 11) is 3.38. The predicted molar refractivity (Wildman–Crippen MR) is 174 cm³/mol. The van der Waals surface area contributed by atoms with Crippen molar-refractivity contribution in [1.29, 1.82) is 0 Å². The van der Waals surface area contributed by atoms with Crippen LogP contribution in [0.4, 0.5) is 13.2 Å². The van der Waals surface area contributed by atoms with E-state index in [1.165, 1.54) is 18.6 Å². The summed E-state index contributed by atoms with van der Waals surface area (Å²) in [6, 6.07) is 7.01. The van der Waals surface area contributed by atoms with Crippen molar-refractivity contribution in [3.8, 4) is 39.5 Å². The number of pyridine rings is 2. The van der Waals surface area contributed by atoms with E-state index in [0.717, 1.165) is 34.5 Å². The fraction of sp³-hybridized carbons (Fsp3) is 0.235. The van der Waals surface area contributed by atoms with E-state index in [9.17, 15) is 9.18 Å². The molecule has 47 heavy (non-hydrogen) atoms. The van der Waals surface area contributed by atoms with Crippen LogP contribution >= 0.6 is 11.3 Å². The van der Waals surface area contributed by atoms with E-state index >= 15 is 8.78 Å². The smallest absolute Gasteiger partial charge is 0.246 e. The molecule has 9 nitrogen and oxygen atoms in total. The molecule has 0 radical (unpaired) electrons. The number of benzene rings is 1. The van der Waals surface area contributed by atoms with Crippen molar-refractivity contribution in [2.45, 2.75) is 19.5 Å². The Morgan fingerprint density at radius 3 is 2.72 bits per heavy atom. The lowest BCUT2D eigenvalue weighted by Crippen LogP contribution is -2.40. The molecule has 1 aromatic carbocycles. The standard InChI is InChI=1S/C34H29F3N6O3S/c1-5-28(44)42-8-9-43-25(18(42)2)15-24(40-43)33-31(29-21(36)13-20(35)14-27(29)46-11-10-45-4)30-22(37)17-47-34(30)32(39-33)19-12-26-23(38-16-19)6-7-41(26)3/h5-7,12-18H,1,8-11H2,2-4H3. The number of aryl methyl sites for hydroxylation is 1. The third-order valence-electron chi connectivity index (χ3n) is 8.45. The second-order valence-corrected chi connectivity index (χ2v) is 12.1. The van der Waals surface area contributed by atoms with E-state index in [1.54, 1.807) is 21.8 Å². The molecule has 6 heterocycles. The van der Waals surface area contributed by atoms with Crippen LogP contribution in [0.2, 0.25) is 0 Å². The van der Waals surface area contributed by atoms with Crippen LogP contribution in [0.25, 0.3) is 54.9 Å². The molecular formula is C34H29F3N6O3S. The van der Waals surface area contributed by atoms with Crippen molar-refractivity contribution in [2.75, 3.05) is 26.9 Å². The Hall–Kier alpha value is -5.01. The third kappa shape index (κ3) is 5.15. The van der Waals surface area contributed by atoms with Gasteiger partial charge in [-0.05, 0) is 31.2 Å². The van der Waals surface area contributed by atoms with Crippen LogP contribution in [0.15, 0.2) is 60.8 Å². The maximum atomic E-state index is 16.1. The molecule has 6 aromatic rings. The molecule has 0 bridgehead atoms. The minimum atomic E-state index is -0.952. The maximum absolute atomic E-state index is 16.1. The van der Waals surface area contributed by atoms with Crippen molar-refractivity contribution in [3.63, 3.8) is 0 Å². The fourth-order valence-corrected chi connectivity index (χ4v) is 7.08. The van der Waals surface area contributed by atoms with Crippen LogP contribution in [0.1, 0.15) is 18.7 Å². The Bertz CT molecular complexity index is 2210. The van der Waals surface area contributed by atoms with Gasteiger partial charge in [-0.2, -0.15) is 5.10 Å². The van der Waals surface area contributed by atoms with Gasteiger partial charge in [0.05, 0.1) is 51.9 Å². The summed E-state index contributed by atoms with van der Waals surface area (Å²) in [6.07, 6.45) is 4.83. The van der Waals surface area contributed by atoms with Crippen molar-refractivity contribution < 1.29 is 27.4 Å². The van der Waals surface area contributed by atoms with Gasteiger partial charge in [0, 0.05) is 67.1 Å². The van der Waals surface area contributed by atoms with Crippen LogP contribution in [0.3, 0.4) is 0 Å². The normalized spacial score (nSPS) is 14.6. The molecule has 0 aliphatic carbocycles. The van der Waals surface area contributed by atoms with Gasteiger partial charge < -0.3 is 18.9 Å². The van der Waals surface area contributed by atoms with Crippen LogP contribution in [0, 0.1) is 17.5 Å². The van der Waals surface area contributed by atoms with Gasteiger partial charge in [-0.25, -0.2) is 18.2 Å². The number of rotatable bonds is 8. The lowest BCUT2D eigenvalue weighted by Gasteiger charge is -2.33. The first kappa shape index (κ1) is 30.6. The second kappa shape index (κ2) is 12.0. The number of amides is 1. The first-order chi connectivity index (χ1) is 22.7. The number of nitrogens with zero attached hydrogens (tertiary/aromatic N) is 6. The molecule has 5 aromatic heterocycles. The average molecular weight is 659 g/mol. The van der Waals surface area contributed by atoms with E-state index in [-0.39, 0.29) is 53.1 Å². The summed E-state index contributed by atoms with van der Waals surface area (Å²) in [6.45, 7) is 6.43. The van der Waals surface area contributed by atoms with Gasteiger partial charge in [0.2, 0.25) is 5.91 Å². The number of ether oxygens (including phenoxy) is 2. The zero-order chi connectivity index (χ0) is 33.0. The van der Waals surface area contributed by atoms with Crippen molar-refractivity contribution >= 4 is 38.4 Å². The number of hydrogen-bond donors (Lipinski definition) is 0. The Labute approximate surface area is 271 Å². The van der Waals surface area contributed by atoms with Gasteiger partial charge in [-0.15, -0.1) is 11.3 Å². The van der Waals surface area contributed by atoms with Crippen molar-refractivity contribution in [1.82, 2.24) is 29.2 Å². The van der Waals surface area contributed by atoms with E-state index in [2.05, 4.69) is 11.6 Å². The highest BCUT2D eigenvalue weighted by Gasteiger charge is 2.32. The maximum Gasteiger partial charge on any atom is 0.246 e. The first-order valence-electron chi connectivity index (χ1n) is 14.8. The molecule has 1 aliphatic rings. The fourth-order valence-electron chi connectivity index (χ4n) is 6.15. The molecule has 240 valence electrons. The molecule has 13 heteroatoms. The van der Waals surface area contributed by atoms with E-state index in [1.807, 2.05) is 36.9 Å². The summed E-state index contributed by atoms with van der Waals surface area (Å²) in [5.74, 6) is -2.76. The average Bonchev–Trinajstić information content (AvgIpc) is 3.77. The minimum absolute atomic E-state index is 0.00565. The molecule has 0 fully saturated rings.